The number of hydrogen-bond donors (Lipinski definition) is 2. The van der Waals surface area contributed by atoms with Gasteiger partial charge in [-0.1, -0.05) is 13.0 Å². The average molecular weight is 262 g/mol. The van der Waals surface area contributed by atoms with Crippen LogP contribution < -0.4 is 10.6 Å². The molecule has 2 rings (SSSR count). The molecule has 1 aliphatic heterocycles. The molecule has 0 saturated carbocycles. The fourth-order valence-electron chi connectivity index (χ4n) is 2.52. The van der Waals surface area contributed by atoms with Crippen molar-refractivity contribution in [3.05, 3.63) is 18.2 Å². The molecular weight excluding hydrogens is 236 g/mol. The zero-order valence-corrected chi connectivity index (χ0v) is 12.2. The summed E-state index contributed by atoms with van der Waals surface area (Å²) in [4.78, 5) is 7.11. The first-order chi connectivity index (χ1) is 9.28. The first-order valence-corrected chi connectivity index (χ1v) is 7.47. The van der Waals surface area contributed by atoms with E-state index in [4.69, 9.17) is 0 Å². The molecule has 0 radical (unpaired) electrons. The maximum atomic E-state index is 4.58. The molecule has 2 N–H and O–H groups in total. The Hall–Kier alpha value is -1.29. The number of hydrogen-bond acceptors (Lipinski definition) is 4. The molecular formula is C15H26N4. The summed E-state index contributed by atoms with van der Waals surface area (Å²) in [5.74, 6) is 1.92. The van der Waals surface area contributed by atoms with E-state index >= 15 is 0 Å². The zero-order chi connectivity index (χ0) is 13.5. The lowest BCUT2D eigenvalue weighted by Gasteiger charge is -2.21. The van der Waals surface area contributed by atoms with Gasteiger partial charge in [-0.3, -0.25) is 0 Å². The number of nitrogens with zero attached hydrogens (tertiary/aromatic N) is 2. The monoisotopic (exact) mass is 262 g/mol. The largest absolute Gasteiger partial charge is 0.370 e. The Morgan fingerprint density at radius 3 is 2.74 bits per heavy atom. The molecule has 0 aliphatic carbocycles. The van der Waals surface area contributed by atoms with E-state index in [1.54, 1.807) is 0 Å². The quantitative estimate of drug-likeness (QED) is 0.793. The Balaban J connectivity index is 1.83. The van der Waals surface area contributed by atoms with Crippen molar-refractivity contribution in [2.24, 2.45) is 0 Å². The lowest BCUT2D eigenvalue weighted by Crippen LogP contribution is -2.33. The van der Waals surface area contributed by atoms with Crippen LogP contribution in [0.5, 0.6) is 0 Å². The van der Waals surface area contributed by atoms with E-state index in [2.05, 4.69) is 40.4 Å². The molecule has 0 spiro atoms. The standard InChI is InChI=1S/C15H26N4/c1-3-9-16-14-7-6-8-15(18-14)17-13(2)12-19-10-4-5-11-19/h6-8,13H,3-5,9-12H2,1-2H3,(H2,16,17,18). The third-order valence-electron chi connectivity index (χ3n) is 3.43. The van der Waals surface area contributed by atoms with Crippen molar-refractivity contribution in [1.82, 2.24) is 9.88 Å². The summed E-state index contributed by atoms with van der Waals surface area (Å²) in [6, 6.07) is 6.55. The zero-order valence-electron chi connectivity index (χ0n) is 12.2. The Kier molecular flexibility index (Phi) is 5.45. The molecule has 1 fully saturated rings. The van der Waals surface area contributed by atoms with Gasteiger partial charge in [-0.25, -0.2) is 4.98 Å². The highest BCUT2D eigenvalue weighted by atomic mass is 15.2. The topological polar surface area (TPSA) is 40.2 Å². The second-order valence-electron chi connectivity index (χ2n) is 5.39. The summed E-state index contributed by atoms with van der Waals surface area (Å²) in [6.07, 6.45) is 3.81. The van der Waals surface area contributed by atoms with E-state index in [9.17, 15) is 0 Å². The summed E-state index contributed by atoms with van der Waals surface area (Å²) >= 11 is 0. The van der Waals surface area contributed by atoms with Crippen LogP contribution in [0, 0.1) is 0 Å². The van der Waals surface area contributed by atoms with Gasteiger partial charge in [-0.2, -0.15) is 0 Å². The summed E-state index contributed by atoms with van der Waals surface area (Å²) in [5, 5.41) is 6.81. The minimum atomic E-state index is 0.437. The van der Waals surface area contributed by atoms with E-state index in [1.165, 1.54) is 25.9 Å². The number of aromatic nitrogens is 1. The molecule has 4 heteroatoms. The molecule has 19 heavy (non-hydrogen) atoms. The fraction of sp³-hybridized carbons (Fsp3) is 0.667. The lowest BCUT2D eigenvalue weighted by molar-refractivity contribution is 0.327. The third kappa shape index (κ3) is 4.71. The number of likely N-dealkylation sites (tertiary alicyclic amines) is 1. The third-order valence-corrected chi connectivity index (χ3v) is 3.43. The van der Waals surface area contributed by atoms with Crippen LogP contribution >= 0.6 is 0 Å². The van der Waals surface area contributed by atoms with Gasteiger partial charge >= 0.3 is 0 Å². The van der Waals surface area contributed by atoms with Crippen LogP contribution in [-0.2, 0) is 0 Å². The molecule has 1 aromatic heterocycles. The van der Waals surface area contributed by atoms with Gasteiger partial charge in [0, 0.05) is 19.1 Å². The molecule has 1 aromatic rings. The highest BCUT2D eigenvalue weighted by Gasteiger charge is 2.14. The summed E-state index contributed by atoms with van der Waals surface area (Å²) < 4.78 is 0. The molecule has 0 amide bonds. The van der Waals surface area contributed by atoms with Crippen LogP contribution in [-0.4, -0.2) is 42.1 Å². The van der Waals surface area contributed by atoms with Gasteiger partial charge in [0.25, 0.3) is 0 Å². The van der Waals surface area contributed by atoms with Crippen LogP contribution in [0.3, 0.4) is 0 Å². The van der Waals surface area contributed by atoms with E-state index < -0.39 is 0 Å². The first kappa shape index (κ1) is 14.1. The van der Waals surface area contributed by atoms with Crippen molar-refractivity contribution in [3.8, 4) is 0 Å². The molecule has 2 heterocycles. The molecule has 1 unspecified atom stereocenters. The fourth-order valence-corrected chi connectivity index (χ4v) is 2.52. The Morgan fingerprint density at radius 1 is 1.26 bits per heavy atom. The van der Waals surface area contributed by atoms with Crippen molar-refractivity contribution in [2.75, 3.05) is 36.8 Å². The van der Waals surface area contributed by atoms with E-state index in [0.29, 0.717) is 6.04 Å². The van der Waals surface area contributed by atoms with Crippen molar-refractivity contribution in [1.29, 1.82) is 0 Å². The van der Waals surface area contributed by atoms with E-state index in [0.717, 1.165) is 31.1 Å². The Morgan fingerprint density at radius 2 is 2.00 bits per heavy atom. The minimum Gasteiger partial charge on any atom is -0.370 e. The van der Waals surface area contributed by atoms with Crippen LogP contribution in [0.4, 0.5) is 11.6 Å². The second-order valence-corrected chi connectivity index (χ2v) is 5.39. The number of rotatable bonds is 7. The average Bonchev–Trinajstić information content (AvgIpc) is 2.89. The summed E-state index contributed by atoms with van der Waals surface area (Å²) in [7, 11) is 0. The van der Waals surface area contributed by atoms with Gasteiger partial charge < -0.3 is 15.5 Å². The second kappa shape index (κ2) is 7.34. The van der Waals surface area contributed by atoms with E-state index in [1.807, 2.05) is 12.1 Å². The SMILES string of the molecule is CCCNc1cccc(NC(C)CN2CCCC2)n1. The van der Waals surface area contributed by atoms with Crippen molar-refractivity contribution < 1.29 is 0 Å². The predicted molar refractivity (Wildman–Crippen MR) is 81.8 cm³/mol. The van der Waals surface area contributed by atoms with Crippen molar-refractivity contribution >= 4 is 11.6 Å². The first-order valence-electron chi connectivity index (χ1n) is 7.47. The molecule has 0 aromatic carbocycles. The summed E-state index contributed by atoms with van der Waals surface area (Å²) in [6.45, 7) is 8.96. The highest BCUT2D eigenvalue weighted by molar-refractivity contribution is 5.45. The predicted octanol–water partition coefficient (Wildman–Crippen LogP) is 2.80. The molecule has 4 nitrogen and oxygen atoms in total. The maximum Gasteiger partial charge on any atom is 0.128 e. The lowest BCUT2D eigenvalue weighted by atomic mass is 10.3. The van der Waals surface area contributed by atoms with E-state index in [-0.39, 0.29) is 0 Å². The Bertz CT molecular complexity index is 374. The molecule has 1 saturated heterocycles. The highest BCUT2D eigenvalue weighted by Crippen LogP contribution is 2.12. The number of pyridine rings is 1. The van der Waals surface area contributed by atoms with Crippen molar-refractivity contribution in [2.45, 2.75) is 39.2 Å². The molecule has 1 aliphatic rings. The van der Waals surface area contributed by atoms with Crippen LogP contribution in [0.1, 0.15) is 33.1 Å². The minimum absolute atomic E-state index is 0.437. The van der Waals surface area contributed by atoms with Gasteiger partial charge in [0.2, 0.25) is 0 Å². The van der Waals surface area contributed by atoms with Crippen LogP contribution in [0.2, 0.25) is 0 Å². The van der Waals surface area contributed by atoms with Crippen LogP contribution in [0.25, 0.3) is 0 Å². The smallest absolute Gasteiger partial charge is 0.128 e. The van der Waals surface area contributed by atoms with Gasteiger partial charge in [0.05, 0.1) is 0 Å². The van der Waals surface area contributed by atoms with Crippen LogP contribution in [0.15, 0.2) is 18.2 Å². The Labute approximate surface area is 116 Å². The molecule has 106 valence electrons. The number of nitrogens with one attached hydrogen (secondary N) is 2. The number of anilines is 2. The summed E-state index contributed by atoms with van der Waals surface area (Å²) in [5.41, 5.74) is 0. The van der Waals surface area contributed by atoms with Gasteiger partial charge in [0.1, 0.15) is 11.6 Å². The van der Waals surface area contributed by atoms with Gasteiger partial charge in [-0.15, -0.1) is 0 Å². The van der Waals surface area contributed by atoms with Gasteiger partial charge in [-0.05, 0) is 51.4 Å². The normalized spacial score (nSPS) is 17.4. The molecule has 1 atom stereocenters. The molecule has 0 bridgehead atoms. The maximum absolute atomic E-state index is 4.58. The van der Waals surface area contributed by atoms with Crippen molar-refractivity contribution in [3.63, 3.8) is 0 Å². The van der Waals surface area contributed by atoms with Gasteiger partial charge in [0.15, 0.2) is 0 Å².